The molecule has 0 fully saturated rings. The van der Waals surface area contributed by atoms with Crippen LogP contribution in [0.4, 0.5) is 0 Å². The van der Waals surface area contributed by atoms with Gasteiger partial charge in [-0.2, -0.15) is 5.26 Å². The van der Waals surface area contributed by atoms with Crippen molar-refractivity contribution in [3.8, 4) is 6.07 Å². The second-order valence-electron chi connectivity index (χ2n) is 3.44. The Balaban J connectivity index is 0.000000204. The number of nitriles is 1. The minimum atomic E-state index is -2.07. The molecule has 0 unspecified atom stereocenters. The number of carbonyl (C=O) groups excluding carboxylic acids is 2. The van der Waals surface area contributed by atoms with Gasteiger partial charge in [-0.15, -0.1) is 0 Å². The highest BCUT2D eigenvalue weighted by Crippen LogP contribution is 2.05. The molecule has 0 aromatic rings. The van der Waals surface area contributed by atoms with E-state index in [1.54, 1.807) is 6.08 Å². The fourth-order valence-corrected chi connectivity index (χ4v) is 1.14. The molecule has 3 heteroatoms. The van der Waals surface area contributed by atoms with E-state index in [1.165, 1.54) is 30.4 Å². The quantitative estimate of drug-likeness (QED) is 0.642. The van der Waals surface area contributed by atoms with Gasteiger partial charge in [-0.25, -0.2) is 0 Å². The van der Waals surface area contributed by atoms with Crippen molar-refractivity contribution in [2.75, 3.05) is 0 Å². The van der Waals surface area contributed by atoms with Crippen molar-refractivity contribution in [3.05, 3.63) is 47.6 Å². The van der Waals surface area contributed by atoms with Crippen LogP contribution < -0.4 is 0 Å². The lowest BCUT2D eigenvalue weighted by Gasteiger charge is -1.96. The van der Waals surface area contributed by atoms with Gasteiger partial charge < -0.3 is 0 Å². The average Bonchev–Trinajstić information content (AvgIpc) is 2.40. The Bertz CT molecular complexity index is 572. The van der Waals surface area contributed by atoms with Crippen molar-refractivity contribution < 1.29 is 13.7 Å². The molecule has 2 aliphatic carbocycles. The van der Waals surface area contributed by atoms with Crippen LogP contribution in [0.3, 0.4) is 0 Å². The number of rotatable bonds is 0. The molecule has 0 N–H and O–H groups in total. The van der Waals surface area contributed by atoms with Crippen LogP contribution >= 0.6 is 0 Å². The topological polar surface area (TPSA) is 57.9 Å². The van der Waals surface area contributed by atoms with Gasteiger partial charge >= 0.3 is 0 Å². The Hall–Kier alpha value is -2.21. The highest BCUT2D eigenvalue weighted by Gasteiger charge is 2.00. The van der Waals surface area contributed by atoms with E-state index in [1.807, 2.05) is 6.07 Å². The number of nitrogens with zero attached hydrogens (tertiary/aromatic N) is 1. The first-order chi connectivity index (χ1) is 9.32. The van der Waals surface area contributed by atoms with Crippen molar-refractivity contribution in [1.29, 1.82) is 5.26 Å². The fourth-order valence-electron chi connectivity index (χ4n) is 1.14. The van der Waals surface area contributed by atoms with Gasteiger partial charge in [-0.3, -0.25) is 9.59 Å². The molecule has 0 saturated carbocycles. The van der Waals surface area contributed by atoms with E-state index in [0.717, 1.165) is 0 Å². The lowest BCUT2D eigenvalue weighted by atomic mass is 10.1. The van der Waals surface area contributed by atoms with E-state index >= 15 is 0 Å². The zero-order chi connectivity index (χ0) is 15.2. The second kappa shape index (κ2) is 6.39. The summed E-state index contributed by atoms with van der Waals surface area (Å²) in [5.74, 6) is 0.0204. The number of hydrogen-bond donors (Lipinski definition) is 0. The van der Waals surface area contributed by atoms with Crippen molar-refractivity contribution >= 4 is 11.6 Å². The zero-order valence-electron chi connectivity index (χ0n) is 12.1. The van der Waals surface area contributed by atoms with Gasteiger partial charge in [0.15, 0.2) is 11.6 Å². The summed E-state index contributed by atoms with van der Waals surface area (Å²) >= 11 is 0. The van der Waals surface area contributed by atoms with Crippen LogP contribution in [0.5, 0.6) is 0 Å². The molecule has 0 saturated heterocycles. The summed E-state index contributed by atoms with van der Waals surface area (Å²) in [5.41, 5.74) is 0.840. The number of hydrogen-bond acceptors (Lipinski definition) is 3. The summed E-state index contributed by atoms with van der Waals surface area (Å²) in [7, 11) is 0. The maximum Gasteiger partial charge on any atom is 0.159 e. The largest absolute Gasteiger partial charge is 0.295 e. The summed E-state index contributed by atoms with van der Waals surface area (Å²) in [5, 5.41) is 8.30. The van der Waals surface area contributed by atoms with Gasteiger partial charge in [-0.1, -0.05) is 23.8 Å². The molecule has 0 amide bonds. The number of ketones is 2. The first-order valence-electron chi connectivity index (χ1n) is 6.55. The molecule has 0 spiro atoms. The predicted molar refractivity (Wildman–Crippen MR) is 65.0 cm³/mol. The van der Waals surface area contributed by atoms with E-state index in [4.69, 9.17) is 9.37 Å². The standard InChI is InChI=1S/C7H5NO.C7H8O/c8-5-6-1-3-7(9)4-2-6;1-6-2-4-7(8)5-3-6/h1-3H,4H2;2-4H,5H2,1H3/i;1D3. The molecule has 86 valence electrons. The minimum Gasteiger partial charge on any atom is -0.295 e. The molecular weight excluding hydrogens is 214 g/mol. The molecule has 0 aromatic carbocycles. The maximum absolute atomic E-state index is 10.6. The molecule has 0 bridgehead atoms. The molecule has 3 nitrogen and oxygen atoms in total. The van der Waals surface area contributed by atoms with Crippen molar-refractivity contribution in [2.24, 2.45) is 0 Å². The molecule has 0 radical (unpaired) electrons. The Morgan fingerprint density at radius 1 is 1.12 bits per heavy atom. The molecule has 0 heterocycles. The highest BCUT2D eigenvalue weighted by molar-refractivity contribution is 5.93. The average molecular weight is 230 g/mol. The SMILES string of the molecule is N#CC1=CCC(=O)C=C1.[2H]C([2H])([2H])C1=CCC(=O)C=C1. The molecule has 2 rings (SSSR count). The van der Waals surface area contributed by atoms with Crippen molar-refractivity contribution in [1.82, 2.24) is 0 Å². The first kappa shape index (κ1) is 8.89. The van der Waals surface area contributed by atoms with Crippen LogP contribution in [0.1, 0.15) is 23.8 Å². The summed E-state index contributed by atoms with van der Waals surface area (Å²) < 4.78 is 21.0. The molecule has 17 heavy (non-hydrogen) atoms. The highest BCUT2D eigenvalue weighted by atomic mass is 16.1. The molecular formula is C14H13NO2. The van der Waals surface area contributed by atoms with Gasteiger partial charge in [0.25, 0.3) is 0 Å². The monoisotopic (exact) mass is 230 g/mol. The van der Waals surface area contributed by atoms with Crippen LogP contribution in [0.25, 0.3) is 0 Å². The lowest BCUT2D eigenvalue weighted by molar-refractivity contribution is -0.114. The third-order valence-electron chi connectivity index (χ3n) is 2.07. The number of allylic oxidation sites excluding steroid dienone is 8. The molecule has 2 aliphatic rings. The van der Waals surface area contributed by atoms with Crippen LogP contribution in [0.2, 0.25) is 0 Å². The van der Waals surface area contributed by atoms with E-state index in [9.17, 15) is 9.59 Å². The van der Waals surface area contributed by atoms with Gasteiger partial charge in [0, 0.05) is 22.5 Å². The predicted octanol–water partition coefficient (Wildman–Crippen LogP) is 2.43. The Labute approximate surface area is 105 Å². The van der Waals surface area contributed by atoms with E-state index in [2.05, 4.69) is 0 Å². The van der Waals surface area contributed by atoms with Gasteiger partial charge in [0.1, 0.15) is 0 Å². The van der Waals surface area contributed by atoms with Crippen LogP contribution in [-0.2, 0) is 9.59 Å². The Morgan fingerprint density at radius 2 is 1.76 bits per heavy atom. The van der Waals surface area contributed by atoms with Crippen LogP contribution in [0, 0.1) is 11.3 Å². The summed E-state index contributed by atoms with van der Waals surface area (Å²) in [6, 6.07) is 1.95. The van der Waals surface area contributed by atoms with Crippen molar-refractivity contribution in [2.45, 2.75) is 19.7 Å². The van der Waals surface area contributed by atoms with Gasteiger partial charge in [-0.05, 0) is 25.1 Å². The maximum atomic E-state index is 10.6. The molecule has 0 aromatic heterocycles. The minimum absolute atomic E-state index is 0.0435. The third kappa shape index (κ3) is 4.89. The van der Waals surface area contributed by atoms with Crippen LogP contribution in [0.15, 0.2) is 47.6 Å². The van der Waals surface area contributed by atoms with Gasteiger partial charge in [0.2, 0.25) is 0 Å². The van der Waals surface area contributed by atoms with Crippen molar-refractivity contribution in [3.63, 3.8) is 0 Å². The molecule has 0 atom stereocenters. The second-order valence-corrected chi connectivity index (χ2v) is 3.44. The van der Waals surface area contributed by atoms with E-state index in [0.29, 0.717) is 12.0 Å². The summed E-state index contributed by atoms with van der Waals surface area (Å²) in [4.78, 5) is 21.1. The first-order valence-corrected chi connectivity index (χ1v) is 5.05. The fraction of sp³-hybridized carbons (Fsp3) is 0.214. The summed E-state index contributed by atoms with van der Waals surface area (Å²) in [6.07, 6.45) is 9.30. The Kier molecular flexibility index (Phi) is 3.34. The summed E-state index contributed by atoms with van der Waals surface area (Å²) in [6.45, 7) is -2.07. The normalized spacial score (nSPS) is 21.0. The zero-order valence-corrected chi connectivity index (χ0v) is 9.14. The Morgan fingerprint density at radius 3 is 2.18 bits per heavy atom. The third-order valence-corrected chi connectivity index (χ3v) is 2.07. The van der Waals surface area contributed by atoms with E-state index < -0.39 is 6.85 Å². The number of carbonyl (C=O) groups is 2. The smallest absolute Gasteiger partial charge is 0.159 e. The molecule has 0 aliphatic heterocycles. The lowest BCUT2D eigenvalue weighted by Crippen LogP contribution is -1.94. The van der Waals surface area contributed by atoms with Gasteiger partial charge in [0.05, 0.1) is 6.07 Å². The van der Waals surface area contributed by atoms with Crippen LogP contribution in [-0.4, -0.2) is 11.6 Å². The van der Waals surface area contributed by atoms with E-state index in [-0.39, 0.29) is 23.6 Å².